The zero-order valence-electron chi connectivity index (χ0n) is 13.7. The second-order valence-electron chi connectivity index (χ2n) is 6.17. The molecule has 0 aliphatic heterocycles. The van der Waals surface area contributed by atoms with Gasteiger partial charge in [0.1, 0.15) is 6.26 Å². The number of hydrogen-bond donors (Lipinski definition) is 2. The van der Waals surface area contributed by atoms with E-state index < -0.39 is 0 Å². The van der Waals surface area contributed by atoms with Crippen molar-refractivity contribution in [2.24, 2.45) is 11.7 Å². The Morgan fingerprint density at radius 2 is 2.05 bits per heavy atom. The van der Waals surface area contributed by atoms with Gasteiger partial charge in [-0.1, -0.05) is 33.6 Å². The van der Waals surface area contributed by atoms with Crippen molar-refractivity contribution < 1.29 is 9.21 Å². The Morgan fingerprint density at radius 3 is 2.67 bits per heavy atom. The van der Waals surface area contributed by atoms with E-state index in [1.54, 1.807) is 0 Å². The molecule has 1 heterocycles. The highest BCUT2D eigenvalue weighted by Crippen LogP contribution is 2.16. The molecule has 0 saturated heterocycles. The Labute approximate surface area is 127 Å². The molecule has 0 fully saturated rings. The highest BCUT2D eigenvalue weighted by atomic mass is 16.3. The van der Waals surface area contributed by atoms with Gasteiger partial charge in [-0.15, -0.1) is 0 Å². The van der Waals surface area contributed by atoms with Crippen LogP contribution >= 0.6 is 0 Å². The predicted octanol–water partition coefficient (Wildman–Crippen LogP) is 3.42. The molecule has 2 atom stereocenters. The molecular weight excluding hydrogens is 266 g/mol. The summed E-state index contributed by atoms with van der Waals surface area (Å²) in [6.07, 6.45) is 6.37. The predicted molar refractivity (Wildman–Crippen MR) is 84.0 cm³/mol. The number of nitrogens with two attached hydrogens (primary N) is 1. The van der Waals surface area contributed by atoms with Crippen molar-refractivity contribution in [2.45, 2.75) is 71.9 Å². The number of nitrogens with zero attached hydrogens (tertiary/aromatic N) is 1. The third-order valence-corrected chi connectivity index (χ3v) is 3.49. The lowest BCUT2D eigenvalue weighted by atomic mass is 10.0. The zero-order chi connectivity index (χ0) is 15.8. The molecule has 120 valence electrons. The molecule has 5 nitrogen and oxygen atoms in total. The van der Waals surface area contributed by atoms with Crippen molar-refractivity contribution in [3.63, 3.8) is 0 Å². The molecule has 0 aromatic carbocycles. The summed E-state index contributed by atoms with van der Waals surface area (Å²) in [5.41, 5.74) is 6.30. The van der Waals surface area contributed by atoms with Crippen molar-refractivity contribution >= 4 is 5.91 Å². The molecule has 3 N–H and O–H groups in total. The fourth-order valence-electron chi connectivity index (χ4n) is 2.06. The van der Waals surface area contributed by atoms with Gasteiger partial charge in [-0.05, 0) is 32.1 Å². The largest absolute Gasteiger partial charge is 0.446 e. The number of amides is 1. The lowest BCUT2D eigenvalue weighted by Gasteiger charge is -2.13. The van der Waals surface area contributed by atoms with Crippen molar-refractivity contribution in [3.8, 4) is 0 Å². The minimum absolute atomic E-state index is 0.133. The van der Waals surface area contributed by atoms with Crippen LogP contribution in [0.3, 0.4) is 0 Å². The number of carbonyl (C=O) groups excluding carboxylic acids is 1. The van der Waals surface area contributed by atoms with Gasteiger partial charge >= 0.3 is 0 Å². The van der Waals surface area contributed by atoms with Crippen LogP contribution < -0.4 is 11.1 Å². The summed E-state index contributed by atoms with van der Waals surface area (Å²) in [7, 11) is 0. The first kappa shape index (κ1) is 17.7. The Balaban J connectivity index is 2.49. The molecule has 1 aromatic heterocycles. The molecule has 0 radical (unpaired) electrons. The Kier molecular flexibility index (Phi) is 7.43. The first-order valence-electron chi connectivity index (χ1n) is 7.95. The first-order valence-corrected chi connectivity index (χ1v) is 7.95. The standard InChI is InChI=1S/C16H29N3O2/c1-5-6-7-13(17)16-19-14(10-21-16)15(20)18-12(4)9-8-11(2)3/h10-13H,5-9,17H2,1-4H3,(H,18,20). The molecule has 1 aromatic rings. The lowest BCUT2D eigenvalue weighted by Crippen LogP contribution is -2.33. The van der Waals surface area contributed by atoms with E-state index in [4.69, 9.17) is 10.2 Å². The molecular formula is C16H29N3O2. The van der Waals surface area contributed by atoms with Gasteiger partial charge in [0.2, 0.25) is 5.89 Å². The maximum Gasteiger partial charge on any atom is 0.273 e. The molecule has 0 spiro atoms. The summed E-state index contributed by atoms with van der Waals surface area (Å²) in [4.78, 5) is 16.3. The Morgan fingerprint density at radius 1 is 1.33 bits per heavy atom. The average molecular weight is 295 g/mol. The van der Waals surface area contributed by atoms with Gasteiger partial charge in [0.15, 0.2) is 5.69 Å². The number of unbranched alkanes of at least 4 members (excludes halogenated alkanes) is 1. The fourth-order valence-corrected chi connectivity index (χ4v) is 2.06. The summed E-state index contributed by atoms with van der Waals surface area (Å²) in [5, 5.41) is 2.94. The zero-order valence-corrected chi connectivity index (χ0v) is 13.7. The molecule has 0 aliphatic carbocycles. The Bertz CT molecular complexity index is 429. The molecule has 5 heteroatoms. The van der Waals surface area contributed by atoms with Crippen molar-refractivity contribution in [3.05, 3.63) is 17.8 Å². The van der Waals surface area contributed by atoms with Crippen molar-refractivity contribution in [1.82, 2.24) is 10.3 Å². The van der Waals surface area contributed by atoms with Crippen molar-refractivity contribution in [1.29, 1.82) is 0 Å². The third kappa shape index (κ3) is 6.29. The average Bonchev–Trinajstić information content (AvgIpc) is 2.92. The lowest BCUT2D eigenvalue weighted by molar-refractivity contribution is 0.0932. The number of nitrogens with one attached hydrogen (secondary N) is 1. The van der Waals surface area contributed by atoms with Gasteiger partial charge in [0, 0.05) is 6.04 Å². The van der Waals surface area contributed by atoms with Crippen LogP contribution in [0.5, 0.6) is 0 Å². The van der Waals surface area contributed by atoms with Crippen LogP contribution in [0.4, 0.5) is 0 Å². The van der Waals surface area contributed by atoms with E-state index in [0.717, 1.165) is 32.1 Å². The van der Waals surface area contributed by atoms with Crippen LogP contribution in [-0.2, 0) is 0 Å². The minimum Gasteiger partial charge on any atom is -0.446 e. The summed E-state index contributed by atoms with van der Waals surface area (Å²) in [5.74, 6) is 0.895. The summed E-state index contributed by atoms with van der Waals surface area (Å²) in [6.45, 7) is 8.47. The molecule has 21 heavy (non-hydrogen) atoms. The number of rotatable bonds is 9. The summed E-state index contributed by atoms with van der Waals surface area (Å²) < 4.78 is 5.33. The molecule has 0 bridgehead atoms. The van der Waals surface area contributed by atoms with E-state index in [2.05, 4.69) is 31.1 Å². The highest BCUT2D eigenvalue weighted by Gasteiger charge is 2.18. The Hall–Kier alpha value is -1.36. The number of aromatic nitrogens is 1. The molecule has 0 saturated carbocycles. The molecule has 0 aliphatic rings. The van der Waals surface area contributed by atoms with Crippen LogP contribution in [0, 0.1) is 5.92 Å². The highest BCUT2D eigenvalue weighted by molar-refractivity contribution is 5.92. The van der Waals surface area contributed by atoms with Gasteiger partial charge in [-0.3, -0.25) is 4.79 Å². The molecule has 1 amide bonds. The van der Waals surface area contributed by atoms with Crippen LogP contribution in [-0.4, -0.2) is 16.9 Å². The van der Waals surface area contributed by atoms with Gasteiger partial charge < -0.3 is 15.5 Å². The van der Waals surface area contributed by atoms with Gasteiger partial charge in [0.25, 0.3) is 5.91 Å². The van der Waals surface area contributed by atoms with Crippen LogP contribution in [0.25, 0.3) is 0 Å². The SMILES string of the molecule is CCCCC(N)c1nc(C(=O)NC(C)CCC(C)C)co1. The van der Waals surface area contributed by atoms with E-state index in [1.807, 2.05) is 6.92 Å². The maximum absolute atomic E-state index is 12.1. The number of hydrogen-bond acceptors (Lipinski definition) is 4. The van der Waals surface area contributed by atoms with Crippen LogP contribution in [0.2, 0.25) is 0 Å². The van der Waals surface area contributed by atoms with Gasteiger partial charge in [-0.2, -0.15) is 0 Å². The first-order chi connectivity index (χ1) is 9.93. The quantitative estimate of drug-likeness (QED) is 0.731. The second-order valence-corrected chi connectivity index (χ2v) is 6.17. The summed E-state index contributed by atoms with van der Waals surface area (Å²) >= 11 is 0. The van der Waals surface area contributed by atoms with Crippen molar-refractivity contribution in [2.75, 3.05) is 0 Å². The van der Waals surface area contributed by atoms with Crippen LogP contribution in [0.15, 0.2) is 10.7 Å². The van der Waals surface area contributed by atoms with E-state index in [-0.39, 0.29) is 18.0 Å². The smallest absolute Gasteiger partial charge is 0.273 e. The summed E-state index contributed by atoms with van der Waals surface area (Å²) in [6, 6.07) is -0.0984. The fraction of sp³-hybridized carbons (Fsp3) is 0.750. The topological polar surface area (TPSA) is 81.1 Å². The molecule has 2 unspecified atom stereocenters. The van der Waals surface area contributed by atoms with E-state index in [1.165, 1.54) is 6.26 Å². The van der Waals surface area contributed by atoms with E-state index in [9.17, 15) is 4.79 Å². The number of oxazole rings is 1. The van der Waals surface area contributed by atoms with Gasteiger partial charge in [-0.25, -0.2) is 4.98 Å². The normalized spacial score (nSPS) is 14.2. The van der Waals surface area contributed by atoms with E-state index in [0.29, 0.717) is 17.5 Å². The third-order valence-electron chi connectivity index (χ3n) is 3.49. The van der Waals surface area contributed by atoms with E-state index >= 15 is 0 Å². The molecule has 1 rings (SSSR count). The monoisotopic (exact) mass is 295 g/mol. The minimum atomic E-state index is -0.232. The maximum atomic E-state index is 12.1. The van der Waals surface area contributed by atoms with Crippen LogP contribution in [0.1, 0.15) is 82.2 Å². The second kappa shape index (κ2) is 8.82. The van der Waals surface area contributed by atoms with Gasteiger partial charge in [0.05, 0.1) is 6.04 Å². The number of carbonyl (C=O) groups is 1.